The fourth-order valence-electron chi connectivity index (χ4n) is 4.33. The zero-order valence-corrected chi connectivity index (χ0v) is 22.2. The Morgan fingerprint density at radius 3 is 1.83 bits per heavy atom. The van der Waals surface area contributed by atoms with Crippen molar-refractivity contribution in [3.8, 4) is 0 Å². The average molecular weight is 488 g/mol. The number of hydrogen-bond donors (Lipinski definition) is 3. The van der Waals surface area contributed by atoms with Gasteiger partial charge in [0.1, 0.15) is 0 Å². The second-order valence-corrected chi connectivity index (χ2v) is 8.19. The molecule has 0 saturated heterocycles. The van der Waals surface area contributed by atoms with Crippen LogP contribution in [-0.2, 0) is 13.1 Å². The predicted octanol–water partition coefficient (Wildman–Crippen LogP) is 5.29. The first kappa shape index (κ1) is 29.5. The molecule has 0 atom stereocenters. The van der Waals surface area contributed by atoms with Crippen molar-refractivity contribution in [3.05, 3.63) is 83.9 Å². The Morgan fingerprint density at radius 2 is 1.25 bits per heavy atom. The summed E-state index contributed by atoms with van der Waals surface area (Å²) >= 11 is 0. The lowest BCUT2D eigenvalue weighted by Crippen LogP contribution is -2.36. The lowest BCUT2D eigenvalue weighted by Gasteiger charge is -2.25. The fourth-order valence-corrected chi connectivity index (χ4v) is 4.33. The maximum absolute atomic E-state index is 9.84. The van der Waals surface area contributed by atoms with Crippen molar-refractivity contribution < 1.29 is 15.2 Å². The fraction of sp³-hybridized carbons (Fsp3) is 0.367. The van der Waals surface area contributed by atoms with Crippen LogP contribution in [0, 0.1) is 0 Å². The molecule has 0 amide bonds. The minimum atomic E-state index is -1.50. The lowest BCUT2D eigenvalue weighted by molar-refractivity contribution is 0.241. The van der Waals surface area contributed by atoms with E-state index in [1.54, 1.807) is 6.07 Å². The van der Waals surface area contributed by atoms with Crippen LogP contribution in [0.15, 0.2) is 72.8 Å². The summed E-state index contributed by atoms with van der Waals surface area (Å²) in [5.74, 6) is 0. The Labute approximate surface area is 216 Å². The summed E-state index contributed by atoms with van der Waals surface area (Å²) in [6, 6.07) is 24.0. The highest BCUT2D eigenvalue weighted by molar-refractivity contribution is 6.59. The van der Waals surface area contributed by atoms with E-state index in [1.807, 2.05) is 82.3 Å². The monoisotopic (exact) mass is 488 g/mol. The Bertz CT molecular complexity index is 1130. The molecule has 1 aromatic heterocycles. The molecule has 0 aliphatic carbocycles. The summed E-state index contributed by atoms with van der Waals surface area (Å²) in [6.45, 7) is 10.4. The van der Waals surface area contributed by atoms with E-state index in [2.05, 4.69) is 17.0 Å². The van der Waals surface area contributed by atoms with E-state index < -0.39 is 7.12 Å². The number of unbranched alkanes of at least 4 members (excludes halogenated alkanes) is 2. The minimum absolute atomic E-state index is 0.208. The molecule has 0 aliphatic rings. The Morgan fingerprint density at radius 1 is 0.694 bits per heavy atom. The summed E-state index contributed by atoms with van der Waals surface area (Å²) in [6.07, 6.45) is 2.71. The second-order valence-electron chi connectivity index (χ2n) is 8.19. The third kappa shape index (κ3) is 7.87. The lowest BCUT2D eigenvalue weighted by atomic mass is 9.77. The summed E-state index contributed by atoms with van der Waals surface area (Å²) < 4.78 is 0. The molecule has 4 rings (SSSR count). The van der Waals surface area contributed by atoms with Gasteiger partial charge in [0, 0.05) is 30.5 Å². The highest BCUT2D eigenvalue weighted by atomic mass is 16.4. The molecule has 192 valence electrons. The SMILES string of the molecule is CC.CC.OCCCCCN(Cc1ccccc1B(O)O)Cc1c2ccccc2nc2ccccc12. The Kier molecular flexibility index (Phi) is 13.2. The molecule has 3 aromatic carbocycles. The van der Waals surface area contributed by atoms with Gasteiger partial charge in [-0.25, -0.2) is 4.98 Å². The standard InChI is InChI=1S/C26H29BN2O3.2C2H6/c30-17-9-1-8-16-29(18-20-10-2-5-13-24(20)27(31)32)19-23-21-11-3-6-14-25(21)28-26-15-7-4-12-22(23)26;2*1-2/h2-7,10-15,30-32H,1,8-9,16-19H2;2*1-2H3. The van der Waals surface area contributed by atoms with Crippen molar-refractivity contribution in [2.75, 3.05) is 13.2 Å². The topological polar surface area (TPSA) is 76.8 Å². The van der Waals surface area contributed by atoms with Gasteiger partial charge in [0.25, 0.3) is 0 Å². The van der Waals surface area contributed by atoms with Crippen LogP contribution in [0.3, 0.4) is 0 Å². The van der Waals surface area contributed by atoms with Crippen molar-refractivity contribution in [2.45, 2.75) is 60.0 Å². The highest BCUT2D eigenvalue weighted by Crippen LogP contribution is 2.27. The zero-order chi connectivity index (χ0) is 26.3. The van der Waals surface area contributed by atoms with E-state index in [9.17, 15) is 10.0 Å². The molecule has 0 unspecified atom stereocenters. The van der Waals surface area contributed by atoms with Crippen LogP contribution in [0.2, 0.25) is 0 Å². The van der Waals surface area contributed by atoms with Crippen molar-refractivity contribution in [1.29, 1.82) is 0 Å². The van der Waals surface area contributed by atoms with Crippen LogP contribution in [0.5, 0.6) is 0 Å². The first-order valence-electron chi connectivity index (χ1n) is 13.2. The van der Waals surface area contributed by atoms with E-state index in [0.717, 1.165) is 59.7 Å². The predicted molar refractivity (Wildman–Crippen MR) is 153 cm³/mol. The van der Waals surface area contributed by atoms with Gasteiger partial charge in [-0.2, -0.15) is 0 Å². The summed E-state index contributed by atoms with van der Waals surface area (Å²) in [7, 11) is -1.50. The number of nitrogens with zero attached hydrogens (tertiary/aromatic N) is 2. The molecule has 1 heterocycles. The molecular weight excluding hydrogens is 447 g/mol. The number of hydrogen-bond acceptors (Lipinski definition) is 5. The highest BCUT2D eigenvalue weighted by Gasteiger charge is 2.19. The molecule has 6 heteroatoms. The number of para-hydroxylation sites is 2. The Balaban J connectivity index is 0.00000109. The first-order valence-corrected chi connectivity index (χ1v) is 13.2. The largest absolute Gasteiger partial charge is 0.488 e. The van der Waals surface area contributed by atoms with Gasteiger partial charge in [-0.1, -0.05) is 88.4 Å². The summed E-state index contributed by atoms with van der Waals surface area (Å²) in [4.78, 5) is 7.19. The molecule has 3 N–H and O–H groups in total. The molecule has 36 heavy (non-hydrogen) atoms. The average Bonchev–Trinajstić information content (AvgIpc) is 2.93. The van der Waals surface area contributed by atoms with Crippen LogP contribution in [0.4, 0.5) is 0 Å². The number of benzene rings is 3. The Hall–Kier alpha value is -2.77. The molecule has 0 radical (unpaired) electrons. The maximum atomic E-state index is 9.84. The van der Waals surface area contributed by atoms with Crippen LogP contribution in [-0.4, -0.2) is 45.3 Å². The molecule has 0 saturated carbocycles. The second kappa shape index (κ2) is 16.1. The molecular formula is C30H41BN2O3. The van der Waals surface area contributed by atoms with E-state index in [1.165, 1.54) is 5.56 Å². The molecule has 5 nitrogen and oxygen atoms in total. The van der Waals surface area contributed by atoms with E-state index >= 15 is 0 Å². The molecule has 0 fully saturated rings. The van der Waals surface area contributed by atoms with Gasteiger partial charge >= 0.3 is 7.12 Å². The minimum Gasteiger partial charge on any atom is -0.423 e. The third-order valence-corrected chi connectivity index (χ3v) is 5.94. The third-order valence-electron chi connectivity index (χ3n) is 5.94. The van der Waals surface area contributed by atoms with Gasteiger partial charge in [-0.05, 0) is 54.5 Å². The van der Waals surface area contributed by atoms with Gasteiger partial charge in [0.15, 0.2) is 0 Å². The van der Waals surface area contributed by atoms with E-state index in [4.69, 9.17) is 10.1 Å². The number of fused-ring (bicyclic) bond motifs is 2. The quantitative estimate of drug-likeness (QED) is 0.161. The zero-order valence-electron chi connectivity index (χ0n) is 22.2. The van der Waals surface area contributed by atoms with Crippen molar-refractivity contribution in [3.63, 3.8) is 0 Å². The van der Waals surface area contributed by atoms with Crippen molar-refractivity contribution >= 4 is 34.4 Å². The summed E-state index contributed by atoms with van der Waals surface area (Å²) in [5.41, 5.74) is 4.64. The van der Waals surface area contributed by atoms with Crippen LogP contribution < -0.4 is 5.46 Å². The van der Waals surface area contributed by atoms with Crippen molar-refractivity contribution in [1.82, 2.24) is 9.88 Å². The number of aliphatic hydroxyl groups excluding tert-OH is 1. The number of aromatic nitrogens is 1. The van der Waals surface area contributed by atoms with Gasteiger partial charge in [-0.15, -0.1) is 0 Å². The molecule has 0 spiro atoms. The van der Waals surface area contributed by atoms with Gasteiger partial charge in [-0.3, -0.25) is 4.90 Å². The van der Waals surface area contributed by atoms with Crippen LogP contribution in [0.1, 0.15) is 58.1 Å². The maximum Gasteiger partial charge on any atom is 0.488 e. The van der Waals surface area contributed by atoms with Crippen molar-refractivity contribution in [2.24, 2.45) is 0 Å². The van der Waals surface area contributed by atoms with Gasteiger partial charge in [0.05, 0.1) is 11.0 Å². The first-order chi connectivity index (χ1) is 17.7. The molecule has 0 aliphatic heterocycles. The van der Waals surface area contributed by atoms with Gasteiger partial charge < -0.3 is 15.2 Å². The normalized spacial score (nSPS) is 10.6. The number of aliphatic hydroxyl groups is 1. The van der Waals surface area contributed by atoms with E-state index in [0.29, 0.717) is 12.0 Å². The molecule has 0 bridgehead atoms. The van der Waals surface area contributed by atoms with Crippen LogP contribution in [0.25, 0.3) is 21.8 Å². The van der Waals surface area contributed by atoms with Gasteiger partial charge in [0.2, 0.25) is 0 Å². The molecule has 4 aromatic rings. The number of pyridine rings is 1. The van der Waals surface area contributed by atoms with Crippen LogP contribution >= 0.6 is 0 Å². The van der Waals surface area contributed by atoms with E-state index in [-0.39, 0.29) is 6.61 Å². The number of rotatable bonds is 10. The smallest absolute Gasteiger partial charge is 0.423 e. The summed E-state index contributed by atoms with van der Waals surface area (Å²) in [5, 5.41) is 31.1.